The number of rotatable bonds is 7. The van der Waals surface area contributed by atoms with Crippen molar-refractivity contribution in [2.24, 2.45) is 0 Å². The molecule has 2 aromatic heterocycles. The highest BCUT2D eigenvalue weighted by molar-refractivity contribution is 7.15. The molecule has 130 valence electrons. The zero-order chi connectivity index (χ0) is 17.8. The Labute approximate surface area is 154 Å². The Morgan fingerprint density at radius 2 is 2.08 bits per heavy atom. The van der Waals surface area contributed by atoms with Gasteiger partial charge in [0.1, 0.15) is 5.01 Å². The number of hydrogen-bond donors (Lipinski definition) is 1. The first-order valence-electron chi connectivity index (χ1n) is 8.06. The maximum Gasteiger partial charge on any atom is 0.278 e. The van der Waals surface area contributed by atoms with E-state index in [0.717, 1.165) is 33.4 Å². The number of aryl methyl sites for hydroxylation is 1. The number of nitro groups is 1. The molecular formula is C18H19N3O2S2. The van der Waals surface area contributed by atoms with Gasteiger partial charge in [-0.2, -0.15) is 0 Å². The molecule has 1 aromatic carbocycles. The van der Waals surface area contributed by atoms with E-state index in [1.807, 2.05) is 25.1 Å². The van der Waals surface area contributed by atoms with E-state index in [1.54, 1.807) is 40.9 Å². The van der Waals surface area contributed by atoms with Crippen molar-refractivity contribution in [3.05, 3.63) is 67.5 Å². The molecule has 0 saturated carbocycles. The average Bonchev–Trinajstić information content (AvgIpc) is 3.25. The molecule has 2 heterocycles. The number of hydrogen-bond acceptors (Lipinski definition) is 6. The van der Waals surface area contributed by atoms with Crippen LogP contribution in [0.1, 0.15) is 35.0 Å². The zero-order valence-corrected chi connectivity index (χ0v) is 15.7. The van der Waals surface area contributed by atoms with E-state index in [9.17, 15) is 10.1 Å². The van der Waals surface area contributed by atoms with Gasteiger partial charge in [-0.1, -0.05) is 19.1 Å². The topological polar surface area (TPSA) is 68.1 Å². The summed E-state index contributed by atoms with van der Waals surface area (Å²) in [7, 11) is 0. The Bertz CT molecular complexity index is 873. The van der Waals surface area contributed by atoms with Crippen LogP contribution in [0.25, 0.3) is 10.4 Å². The molecular weight excluding hydrogens is 354 g/mol. The van der Waals surface area contributed by atoms with Gasteiger partial charge in [0, 0.05) is 33.4 Å². The van der Waals surface area contributed by atoms with Crippen LogP contribution in [0.5, 0.6) is 0 Å². The molecule has 1 atom stereocenters. The predicted molar refractivity (Wildman–Crippen MR) is 103 cm³/mol. The molecule has 0 aliphatic heterocycles. The monoisotopic (exact) mass is 373 g/mol. The zero-order valence-electron chi connectivity index (χ0n) is 14.1. The molecule has 0 saturated heterocycles. The van der Waals surface area contributed by atoms with Gasteiger partial charge in [0.15, 0.2) is 0 Å². The second kappa shape index (κ2) is 7.86. The normalized spacial score (nSPS) is 12.2. The standard InChI is InChI=1S/C18H19N3O2S2/c1-3-15(18-20-12(2)11-24-18)19-10-13-8-9-17(25-13)14-6-4-5-7-16(14)21(22)23/h4-9,11,15,19H,3,10H2,1-2H3. The van der Waals surface area contributed by atoms with Crippen LogP contribution in [0.3, 0.4) is 0 Å². The molecule has 3 aromatic rings. The molecule has 0 amide bonds. The van der Waals surface area contributed by atoms with Gasteiger partial charge < -0.3 is 5.32 Å². The SMILES string of the molecule is CCC(NCc1ccc(-c2ccccc2[N+](=O)[O-])s1)c1nc(C)cs1. The van der Waals surface area contributed by atoms with Gasteiger partial charge >= 0.3 is 0 Å². The molecule has 25 heavy (non-hydrogen) atoms. The molecule has 3 rings (SSSR count). The molecule has 7 heteroatoms. The van der Waals surface area contributed by atoms with Gasteiger partial charge in [-0.15, -0.1) is 22.7 Å². The summed E-state index contributed by atoms with van der Waals surface area (Å²) in [6.45, 7) is 4.87. The number of thiophene rings is 1. The summed E-state index contributed by atoms with van der Waals surface area (Å²) >= 11 is 3.27. The first kappa shape index (κ1) is 17.7. The number of para-hydroxylation sites is 1. The largest absolute Gasteiger partial charge is 0.303 e. The van der Waals surface area contributed by atoms with E-state index >= 15 is 0 Å². The number of benzene rings is 1. The van der Waals surface area contributed by atoms with Gasteiger partial charge in [-0.3, -0.25) is 10.1 Å². The summed E-state index contributed by atoms with van der Waals surface area (Å²) in [5.41, 5.74) is 1.87. The Morgan fingerprint density at radius 1 is 1.28 bits per heavy atom. The molecule has 5 nitrogen and oxygen atoms in total. The molecule has 0 radical (unpaired) electrons. The van der Waals surface area contributed by atoms with Crippen LogP contribution < -0.4 is 5.32 Å². The predicted octanol–water partition coefficient (Wildman–Crippen LogP) is 5.33. The number of nitro benzene ring substituents is 1. The quantitative estimate of drug-likeness (QED) is 0.449. The van der Waals surface area contributed by atoms with E-state index in [2.05, 4.69) is 22.6 Å². The van der Waals surface area contributed by atoms with Crippen LogP contribution in [0.4, 0.5) is 5.69 Å². The Morgan fingerprint density at radius 3 is 2.76 bits per heavy atom. The van der Waals surface area contributed by atoms with Crippen LogP contribution in [0.15, 0.2) is 41.8 Å². The number of thiazole rings is 1. The Hall–Kier alpha value is -2.09. The van der Waals surface area contributed by atoms with Gasteiger partial charge in [0.2, 0.25) is 0 Å². The number of nitrogens with one attached hydrogen (secondary N) is 1. The molecule has 0 bridgehead atoms. The fraction of sp³-hybridized carbons (Fsp3) is 0.278. The minimum atomic E-state index is -0.328. The van der Waals surface area contributed by atoms with E-state index in [-0.39, 0.29) is 16.7 Å². The van der Waals surface area contributed by atoms with Crippen molar-refractivity contribution in [2.75, 3.05) is 0 Å². The molecule has 0 spiro atoms. The van der Waals surface area contributed by atoms with Crippen molar-refractivity contribution in [1.29, 1.82) is 0 Å². The van der Waals surface area contributed by atoms with E-state index in [0.29, 0.717) is 5.56 Å². The van der Waals surface area contributed by atoms with Crippen molar-refractivity contribution < 1.29 is 4.92 Å². The lowest BCUT2D eigenvalue weighted by Crippen LogP contribution is -2.19. The molecule has 0 aliphatic carbocycles. The van der Waals surface area contributed by atoms with Gasteiger partial charge in [-0.05, 0) is 31.5 Å². The maximum absolute atomic E-state index is 11.2. The minimum absolute atomic E-state index is 0.147. The van der Waals surface area contributed by atoms with E-state index < -0.39 is 0 Å². The van der Waals surface area contributed by atoms with E-state index in [4.69, 9.17) is 0 Å². The molecule has 1 unspecified atom stereocenters. The van der Waals surface area contributed by atoms with Crippen LogP contribution in [0.2, 0.25) is 0 Å². The van der Waals surface area contributed by atoms with Crippen molar-refractivity contribution in [1.82, 2.24) is 10.3 Å². The molecule has 1 N–H and O–H groups in total. The lowest BCUT2D eigenvalue weighted by molar-refractivity contribution is -0.384. The highest BCUT2D eigenvalue weighted by Crippen LogP contribution is 2.34. The second-order valence-electron chi connectivity index (χ2n) is 5.71. The van der Waals surface area contributed by atoms with Crippen LogP contribution in [-0.4, -0.2) is 9.91 Å². The van der Waals surface area contributed by atoms with Crippen molar-refractivity contribution in [3.8, 4) is 10.4 Å². The first-order valence-corrected chi connectivity index (χ1v) is 9.76. The fourth-order valence-corrected chi connectivity index (χ4v) is 4.57. The van der Waals surface area contributed by atoms with Crippen LogP contribution >= 0.6 is 22.7 Å². The third-order valence-corrected chi connectivity index (χ3v) is 6.09. The molecule has 0 fully saturated rings. The Kier molecular flexibility index (Phi) is 5.57. The van der Waals surface area contributed by atoms with Crippen LogP contribution in [-0.2, 0) is 6.54 Å². The summed E-state index contributed by atoms with van der Waals surface area (Å²) in [6.07, 6.45) is 0.968. The molecule has 0 aliphatic rings. The lowest BCUT2D eigenvalue weighted by Gasteiger charge is -2.13. The van der Waals surface area contributed by atoms with Crippen molar-refractivity contribution >= 4 is 28.4 Å². The van der Waals surface area contributed by atoms with Crippen molar-refractivity contribution in [2.45, 2.75) is 32.9 Å². The highest BCUT2D eigenvalue weighted by atomic mass is 32.1. The summed E-state index contributed by atoms with van der Waals surface area (Å²) in [4.78, 5) is 17.5. The smallest absolute Gasteiger partial charge is 0.278 e. The summed E-state index contributed by atoms with van der Waals surface area (Å²) in [6, 6.07) is 11.1. The van der Waals surface area contributed by atoms with Crippen molar-refractivity contribution in [3.63, 3.8) is 0 Å². The lowest BCUT2D eigenvalue weighted by atomic mass is 10.1. The summed E-state index contributed by atoms with van der Waals surface area (Å²) in [5, 5.41) is 17.9. The summed E-state index contributed by atoms with van der Waals surface area (Å²) in [5.74, 6) is 0. The third-order valence-electron chi connectivity index (χ3n) is 3.89. The fourth-order valence-electron chi connectivity index (χ4n) is 2.62. The number of aromatic nitrogens is 1. The minimum Gasteiger partial charge on any atom is -0.303 e. The highest BCUT2D eigenvalue weighted by Gasteiger charge is 2.17. The van der Waals surface area contributed by atoms with Gasteiger partial charge in [-0.25, -0.2) is 4.98 Å². The second-order valence-corrected chi connectivity index (χ2v) is 7.77. The Balaban J connectivity index is 1.73. The van der Waals surface area contributed by atoms with E-state index in [1.165, 1.54) is 0 Å². The maximum atomic E-state index is 11.2. The first-order chi connectivity index (χ1) is 12.1. The number of nitrogens with zero attached hydrogens (tertiary/aromatic N) is 2. The summed E-state index contributed by atoms with van der Waals surface area (Å²) < 4.78 is 0. The average molecular weight is 374 g/mol. The van der Waals surface area contributed by atoms with Gasteiger partial charge in [0.25, 0.3) is 5.69 Å². The van der Waals surface area contributed by atoms with Crippen LogP contribution in [0, 0.1) is 17.0 Å². The third kappa shape index (κ3) is 4.12. The van der Waals surface area contributed by atoms with Gasteiger partial charge in [0.05, 0.1) is 16.5 Å².